The molecule has 1 aromatic rings. The first-order valence-corrected chi connectivity index (χ1v) is 9.76. The average Bonchev–Trinajstić information content (AvgIpc) is 3.09. The summed E-state index contributed by atoms with van der Waals surface area (Å²) in [5.41, 5.74) is -0.0733. The molecule has 2 aliphatic heterocycles. The van der Waals surface area contributed by atoms with Crippen LogP contribution in [0.15, 0.2) is 30.3 Å². The van der Waals surface area contributed by atoms with Crippen LogP contribution in [0, 0.1) is 0 Å². The smallest absolute Gasteiger partial charge is 0.316 e. The number of esters is 1. The normalized spacial score (nSPS) is 32.5. The highest BCUT2D eigenvalue weighted by Crippen LogP contribution is 2.43. The zero-order valence-electron chi connectivity index (χ0n) is 15.1. The summed E-state index contributed by atoms with van der Waals surface area (Å²) in [5.74, 6) is -0.793. The molecule has 1 N–H and O–H groups in total. The number of aliphatic hydroxyl groups is 1. The second-order valence-corrected chi connectivity index (χ2v) is 8.24. The fraction of sp³-hybridized carbons (Fsp3) is 0.667. The Morgan fingerprint density at radius 1 is 1.16 bits per heavy atom. The molecule has 0 spiro atoms. The molecule has 1 aliphatic carbocycles. The van der Waals surface area contributed by atoms with Crippen LogP contribution in [-0.2, 0) is 9.53 Å². The number of hydrogen-bond donors (Lipinski definition) is 1. The molecule has 136 valence electrons. The van der Waals surface area contributed by atoms with Crippen LogP contribution < -0.4 is 0 Å². The number of benzene rings is 1. The maximum atomic E-state index is 13.1. The van der Waals surface area contributed by atoms with E-state index in [1.54, 1.807) is 0 Å². The first kappa shape index (κ1) is 17.0. The van der Waals surface area contributed by atoms with Crippen molar-refractivity contribution >= 4 is 5.97 Å². The predicted octanol–water partition coefficient (Wildman–Crippen LogP) is 3.24. The zero-order chi connectivity index (χ0) is 17.4. The summed E-state index contributed by atoms with van der Waals surface area (Å²) in [4.78, 5) is 15.6. The standard InChI is InChI=1S/C21H29NO3/c1-22-16-9-10-17(22)14-18(13-16)25-20(23)19(15-7-3-2-4-8-15)21(24)11-5-6-12-21/h2-4,7-8,16-19,24H,5-6,9-14H2,1H3/t16-,17+,18?,19?. The molecule has 0 radical (unpaired) electrons. The topological polar surface area (TPSA) is 49.8 Å². The second kappa shape index (κ2) is 6.73. The van der Waals surface area contributed by atoms with Gasteiger partial charge in [0.15, 0.2) is 0 Å². The van der Waals surface area contributed by atoms with Gasteiger partial charge >= 0.3 is 5.97 Å². The molecule has 4 nitrogen and oxygen atoms in total. The number of carbonyl (C=O) groups excluding carboxylic acids is 1. The van der Waals surface area contributed by atoms with Gasteiger partial charge in [0.1, 0.15) is 12.0 Å². The summed E-state index contributed by atoms with van der Waals surface area (Å²) >= 11 is 0. The first-order chi connectivity index (χ1) is 12.1. The molecular weight excluding hydrogens is 314 g/mol. The van der Waals surface area contributed by atoms with E-state index in [9.17, 15) is 9.90 Å². The summed E-state index contributed by atoms with van der Waals surface area (Å²) in [5, 5.41) is 11.2. The van der Waals surface area contributed by atoms with Gasteiger partial charge in [-0.1, -0.05) is 43.2 Å². The second-order valence-electron chi connectivity index (χ2n) is 8.24. The number of fused-ring (bicyclic) bond motifs is 2. The van der Waals surface area contributed by atoms with Crippen LogP contribution in [-0.4, -0.2) is 46.8 Å². The van der Waals surface area contributed by atoms with Crippen molar-refractivity contribution in [2.75, 3.05) is 7.05 Å². The Bertz CT molecular complexity index is 597. The molecule has 3 aliphatic rings. The molecule has 1 saturated carbocycles. The van der Waals surface area contributed by atoms with Gasteiger partial charge in [-0.15, -0.1) is 0 Å². The SMILES string of the molecule is CN1[C@@H]2CC[C@H]1CC(OC(=O)C(c1ccccc1)C1(O)CCCC1)C2. The molecule has 4 rings (SSSR count). The number of ether oxygens (including phenoxy) is 1. The fourth-order valence-electron chi connectivity index (χ4n) is 5.28. The lowest BCUT2D eigenvalue weighted by Gasteiger charge is -2.38. The lowest BCUT2D eigenvalue weighted by atomic mass is 9.80. The minimum Gasteiger partial charge on any atom is -0.462 e. The Kier molecular flexibility index (Phi) is 4.59. The van der Waals surface area contributed by atoms with E-state index in [-0.39, 0.29) is 12.1 Å². The van der Waals surface area contributed by atoms with Crippen LogP contribution in [0.2, 0.25) is 0 Å². The molecule has 1 aromatic carbocycles. The molecule has 25 heavy (non-hydrogen) atoms. The molecular formula is C21H29NO3. The van der Waals surface area contributed by atoms with Gasteiger partial charge in [-0.3, -0.25) is 4.79 Å². The molecule has 2 heterocycles. The Labute approximate surface area is 150 Å². The molecule has 4 atom stereocenters. The minimum absolute atomic E-state index is 0.00239. The van der Waals surface area contributed by atoms with Crippen molar-refractivity contribution in [1.82, 2.24) is 4.90 Å². The Balaban J connectivity index is 1.52. The van der Waals surface area contributed by atoms with Crippen molar-refractivity contribution in [2.45, 2.75) is 81.1 Å². The lowest BCUT2D eigenvalue weighted by Crippen LogP contribution is -2.45. The molecule has 2 unspecified atom stereocenters. The van der Waals surface area contributed by atoms with Gasteiger partial charge < -0.3 is 14.7 Å². The van der Waals surface area contributed by atoms with E-state index in [1.165, 1.54) is 12.8 Å². The Morgan fingerprint density at radius 2 is 1.76 bits per heavy atom. The maximum Gasteiger partial charge on any atom is 0.316 e. The predicted molar refractivity (Wildman–Crippen MR) is 96.3 cm³/mol. The van der Waals surface area contributed by atoms with E-state index in [2.05, 4.69) is 11.9 Å². The van der Waals surface area contributed by atoms with Crippen LogP contribution in [0.5, 0.6) is 0 Å². The number of nitrogens with zero attached hydrogens (tertiary/aromatic N) is 1. The van der Waals surface area contributed by atoms with Crippen LogP contribution in [0.1, 0.15) is 62.8 Å². The molecule has 2 saturated heterocycles. The third-order valence-electron chi connectivity index (χ3n) is 6.71. The van der Waals surface area contributed by atoms with Crippen LogP contribution in [0.3, 0.4) is 0 Å². The van der Waals surface area contributed by atoms with Gasteiger partial charge in [0.25, 0.3) is 0 Å². The summed E-state index contributed by atoms with van der Waals surface area (Å²) in [6.07, 6.45) is 7.59. The Hall–Kier alpha value is -1.39. The lowest BCUT2D eigenvalue weighted by molar-refractivity contribution is -0.161. The minimum atomic E-state index is -0.955. The molecule has 2 bridgehead atoms. The summed E-state index contributed by atoms with van der Waals surface area (Å²) < 4.78 is 5.99. The Morgan fingerprint density at radius 3 is 2.36 bits per heavy atom. The zero-order valence-corrected chi connectivity index (χ0v) is 15.1. The van der Waals surface area contributed by atoms with E-state index < -0.39 is 11.5 Å². The van der Waals surface area contributed by atoms with E-state index >= 15 is 0 Å². The van der Waals surface area contributed by atoms with Gasteiger partial charge in [0, 0.05) is 12.1 Å². The number of hydrogen-bond acceptors (Lipinski definition) is 4. The number of rotatable bonds is 4. The van der Waals surface area contributed by atoms with E-state index in [0.717, 1.165) is 31.2 Å². The summed E-state index contributed by atoms with van der Waals surface area (Å²) in [6, 6.07) is 10.8. The highest BCUT2D eigenvalue weighted by Gasteiger charge is 2.47. The van der Waals surface area contributed by atoms with Gasteiger partial charge in [-0.25, -0.2) is 0 Å². The largest absolute Gasteiger partial charge is 0.462 e. The molecule has 0 aromatic heterocycles. The molecule has 3 fully saturated rings. The van der Waals surface area contributed by atoms with Crippen molar-refractivity contribution in [3.63, 3.8) is 0 Å². The van der Waals surface area contributed by atoms with Crippen molar-refractivity contribution in [1.29, 1.82) is 0 Å². The number of piperidine rings is 1. The van der Waals surface area contributed by atoms with Gasteiger partial charge in [0.05, 0.1) is 5.60 Å². The van der Waals surface area contributed by atoms with E-state index in [1.807, 2.05) is 30.3 Å². The van der Waals surface area contributed by atoms with Crippen LogP contribution in [0.25, 0.3) is 0 Å². The highest BCUT2D eigenvalue weighted by atomic mass is 16.5. The van der Waals surface area contributed by atoms with Gasteiger partial charge in [-0.2, -0.15) is 0 Å². The quantitative estimate of drug-likeness (QED) is 0.853. The third-order valence-corrected chi connectivity index (χ3v) is 6.71. The molecule has 4 heteroatoms. The van der Waals surface area contributed by atoms with Gasteiger partial charge in [-0.05, 0) is 51.1 Å². The van der Waals surface area contributed by atoms with Crippen molar-refractivity contribution in [2.24, 2.45) is 0 Å². The average molecular weight is 343 g/mol. The molecule has 0 amide bonds. The maximum absolute atomic E-state index is 13.1. The van der Waals surface area contributed by atoms with E-state index in [4.69, 9.17) is 4.74 Å². The van der Waals surface area contributed by atoms with E-state index in [0.29, 0.717) is 24.9 Å². The van der Waals surface area contributed by atoms with Crippen LogP contribution >= 0.6 is 0 Å². The number of carbonyl (C=O) groups is 1. The van der Waals surface area contributed by atoms with Crippen molar-refractivity contribution < 1.29 is 14.6 Å². The monoisotopic (exact) mass is 343 g/mol. The third kappa shape index (κ3) is 3.22. The van der Waals surface area contributed by atoms with Crippen molar-refractivity contribution in [3.05, 3.63) is 35.9 Å². The fourth-order valence-corrected chi connectivity index (χ4v) is 5.28. The van der Waals surface area contributed by atoms with Gasteiger partial charge in [0.2, 0.25) is 0 Å². The first-order valence-electron chi connectivity index (χ1n) is 9.76. The van der Waals surface area contributed by atoms with Crippen LogP contribution in [0.4, 0.5) is 0 Å². The van der Waals surface area contributed by atoms with Crippen molar-refractivity contribution in [3.8, 4) is 0 Å². The highest BCUT2D eigenvalue weighted by molar-refractivity contribution is 5.80. The summed E-state index contributed by atoms with van der Waals surface area (Å²) in [7, 11) is 2.19. The summed E-state index contributed by atoms with van der Waals surface area (Å²) in [6.45, 7) is 0.